The first kappa shape index (κ1) is 15.3. The van der Waals surface area contributed by atoms with Crippen molar-refractivity contribution in [3.8, 4) is 0 Å². The number of carbonyl (C=O) groups is 2. The van der Waals surface area contributed by atoms with Gasteiger partial charge in [-0.05, 0) is 25.7 Å². The van der Waals surface area contributed by atoms with Crippen molar-refractivity contribution in [3.63, 3.8) is 0 Å². The van der Waals surface area contributed by atoms with Crippen molar-refractivity contribution in [2.24, 2.45) is 11.8 Å². The summed E-state index contributed by atoms with van der Waals surface area (Å²) < 4.78 is 20.5. The van der Waals surface area contributed by atoms with Crippen LogP contribution in [0.4, 0.5) is 0 Å². The molecule has 0 bridgehead atoms. The van der Waals surface area contributed by atoms with Crippen molar-refractivity contribution < 1.29 is 28.5 Å². The minimum Gasteiger partial charge on any atom is -0.463 e. The lowest BCUT2D eigenvalue weighted by Gasteiger charge is -2.07. The highest BCUT2D eigenvalue weighted by molar-refractivity contribution is 5.75. The van der Waals surface area contributed by atoms with E-state index in [1.165, 1.54) is 0 Å². The van der Waals surface area contributed by atoms with Gasteiger partial charge in [-0.1, -0.05) is 0 Å². The van der Waals surface area contributed by atoms with Crippen LogP contribution in [0.1, 0.15) is 25.7 Å². The second-order valence-corrected chi connectivity index (χ2v) is 5.11. The van der Waals surface area contributed by atoms with Crippen LogP contribution in [0, 0.1) is 11.8 Å². The molecule has 0 spiro atoms. The van der Waals surface area contributed by atoms with Gasteiger partial charge in [0.15, 0.2) is 0 Å². The van der Waals surface area contributed by atoms with Gasteiger partial charge in [-0.15, -0.1) is 0 Å². The molecular weight excluding hydrogens is 264 g/mol. The van der Waals surface area contributed by atoms with Crippen molar-refractivity contribution in [2.75, 3.05) is 39.6 Å². The summed E-state index contributed by atoms with van der Waals surface area (Å²) in [6, 6.07) is 0. The average Bonchev–Trinajstić information content (AvgIpc) is 3.32. The molecule has 2 saturated carbocycles. The van der Waals surface area contributed by atoms with Gasteiger partial charge in [0, 0.05) is 0 Å². The maximum atomic E-state index is 11.2. The molecule has 0 atom stereocenters. The van der Waals surface area contributed by atoms with Gasteiger partial charge in [-0.2, -0.15) is 0 Å². The van der Waals surface area contributed by atoms with Crippen molar-refractivity contribution in [2.45, 2.75) is 25.7 Å². The first-order valence-electron chi connectivity index (χ1n) is 7.26. The van der Waals surface area contributed by atoms with E-state index in [1.807, 2.05) is 0 Å². The second kappa shape index (κ2) is 8.21. The SMILES string of the molecule is O=C(OCCOCCOCCOC(=O)C1CC1)C1CC1. The Kier molecular flexibility index (Phi) is 6.26. The van der Waals surface area contributed by atoms with Crippen molar-refractivity contribution in [1.29, 1.82) is 0 Å². The molecule has 2 aliphatic rings. The molecule has 0 amide bonds. The molecule has 0 saturated heterocycles. The van der Waals surface area contributed by atoms with Gasteiger partial charge in [0.1, 0.15) is 13.2 Å². The quantitative estimate of drug-likeness (QED) is 0.415. The molecule has 2 aliphatic carbocycles. The molecule has 0 N–H and O–H groups in total. The third-order valence-corrected chi connectivity index (χ3v) is 3.14. The third-order valence-electron chi connectivity index (χ3n) is 3.14. The smallest absolute Gasteiger partial charge is 0.309 e. The molecule has 0 heterocycles. The second-order valence-electron chi connectivity index (χ2n) is 5.11. The molecule has 114 valence electrons. The predicted octanol–water partition coefficient (Wildman–Crippen LogP) is 0.926. The summed E-state index contributed by atoms with van der Waals surface area (Å²) in [7, 11) is 0. The molecule has 6 heteroatoms. The highest BCUT2D eigenvalue weighted by Crippen LogP contribution is 2.30. The molecule has 0 aromatic heterocycles. The summed E-state index contributed by atoms with van der Waals surface area (Å²) in [5, 5.41) is 0. The van der Waals surface area contributed by atoms with Gasteiger partial charge in [0.05, 0.1) is 38.3 Å². The van der Waals surface area contributed by atoms with E-state index in [0.717, 1.165) is 25.7 Å². The molecule has 6 nitrogen and oxygen atoms in total. The van der Waals surface area contributed by atoms with Crippen LogP contribution in [0.25, 0.3) is 0 Å². The molecule has 0 unspecified atom stereocenters. The van der Waals surface area contributed by atoms with Crippen LogP contribution in [-0.4, -0.2) is 51.6 Å². The van der Waals surface area contributed by atoms with E-state index in [1.54, 1.807) is 0 Å². The Labute approximate surface area is 118 Å². The van der Waals surface area contributed by atoms with Crippen LogP contribution in [0.15, 0.2) is 0 Å². The monoisotopic (exact) mass is 286 g/mol. The molecule has 2 fully saturated rings. The Morgan fingerprint density at radius 2 is 1.00 bits per heavy atom. The fraction of sp³-hybridized carbons (Fsp3) is 0.857. The van der Waals surface area contributed by atoms with Crippen molar-refractivity contribution >= 4 is 11.9 Å². The molecule has 0 radical (unpaired) electrons. The van der Waals surface area contributed by atoms with E-state index < -0.39 is 0 Å². The highest BCUT2D eigenvalue weighted by Gasteiger charge is 2.31. The van der Waals surface area contributed by atoms with Crippen LogP contribution in [-0.2, 0) is 28.5 Å². The van der Waals surface area contributed by atoms with E-state index in [9.17, 15) is 9.59 Å². The Hall–Kier alpha value is -1.14. The minimum atomic E-state index is -0.109. The lowest BCUT2D eigenvalue weighted by molar-refractivity contribution is -0.148. The van der Waals surface area contributed by atoms with Crippen LogP contribution < -0.4 is 0 Å². The van der Waals surface area contributed by atoms with E-state index in [-0.39, 0.29) is 23.8 Å². The number of rotatable bonds is 11. The van der Waals surface area contributed by atoms with Crippen LogP contribution in [0.2, 0.25) is 0 Å². The average molecular weight is 286 g/mol. The Morgan fingerprint density at radius 3 is 1.35 bits per heavy atom. The molecule has 0 aliphatic heterocycles. The number of hydrogen-bond acceptors (Lipinski definition) is 6. The highest BCUT2D eigenvalue weighted by atomic mass is 16.6. The van der Waals surface area contributed by atoms with Gasteiger partial charge in [0.25, 0.3) is 0 Å². The fourth-order valence-corrected chi connectivity index (χ4v) is 1.60. The zero-order valence-electron chi connectivity index (χ0n) is 11.7. The summed E-state index contributed by atoms with van der Waals surface area (Å²) in [5.41, 5.74) is 0. The number of carbonyl (C=O) groups excluding carboxylic acids is 2. The maximum Gasteiger partial charge on any atom is 0.309 e. The van der Waals surface area contributed by atoms with Gasteiger partial charge < -0.3 is 18.9 Å². The van der Waals surface area contributed by atoms with E-state index in [0.29, 0.717) is 39.6 Å². The zero-order chi connectivity index (χ0) is 14.2. The number of esters is 2. The lowest BCUT2D eigenvalue weighted by atomic mass is 10.4. The zero-order valence-corrected chi connectivity index (χ0v) is 11.7. The minimum absolute atomic E-state index is 0.109. The Bertz CT molecular complexity index is 290. The normalized spacial score (nSPS) is 17.8. The lowest BCUT2D eigenvalue weighted by Crippen LogP contribution is -2.15. The first-order chi connectivity index (χ1) is 9.77. The molecule has 0 aromatic rings. The molecule has 2 rings (SSSR count). The summed E-state index contributed by atoms with van der Waals surface area (Å²) >= 11 is 0. The van der Waals surface area contributed by atoms with E-state index >= 15 is 0 Å². The van der Waals surface area contributed by atoms with Crippen LogP contribution in [0.5, 0.6) is 0 Å². The number of ether oxygens (including phenoxy) is 4. The summed E-state index contributed by atoms with van der Waals surface area (Å²) in [6.45, 7) is 2.26. The Balaban J connectivity index is 1.28. The third kappa shape index (κ3) is 6.34. The maximum absolute atomic E-state index is 11.2. The summed E-state index contributed by atoms with van der Waals surface area (Å²) in [5.74, 6) is 0.0537. The summed E-state index contributed by atoms with van der Waals surface area (Å²) in [6.07, 6.45) is 3.83. The van der Waals surface area contributed by atoms with E-state index in [4.69, 9.17) is 18.9 Å². The molecule has 0 aromatic carbocycles. The van der Waals surface area contributed by atoms with Crippen LogP contribution >= 0.6 is 0 Å². The van der Waals surface area contributed by atoms with E-state index in [2.05, 4.69) is 0 Å². The number of hydrogen-bond donors (Lipinski definition) is 0. The molecule has 20 heavy (non-hydrogen) atoms. The van der Waals surface area contributed by atoms with Crippen molar-refractivity contribution in [3.05, 3.63) is 0 Å². The van der Waals surface area contributed by atoms with Gasteiger partial charge in [-0.25, -0.2) is 0 Å². The van der Waals surface area contributed by atoms with Gasteiger partial charge >= 0.3 is 11.9 Å². The van der Waals surface area contributed by atoms with Gasteiger partial charge in [0.2, 0.25) is 0 Å². The molecular formula is C14H22O6. The fourth-order valence-electron chi connectivity index (χ4n) is 1.60. The predicted molar refractivity (Wildman–Crippen MR) is 69.0 cm³/mol. The standard InChI is InChI=1S/C14H22O6/c15-13(11-1-2-11)19-9-7-17-5-6-18-8-10-20-14(16)12-3-4-12/h11-12H,1-10H2. The van der Waals surface area contributed by atoms with Crippen LogP contribution in [0.3, 0.4) is 0 Å². The Morgan fingerprint density at radius 1 is 0.650 bits per heavy atom. The first-order valence-corrected chi connectivity index (χ1v) is 7.26. The topological polar surface area (TPSA) is 71.1 Å². The largest absolute Gasteiger partial charge is 0.463 e. The summed E-state index contributed by atoms with van der Waals surface area (Å²) in [4.78, 5) is 22.4. The van der Waals surface area contributed by atoms with Crippen molar-refractivity contribution in [1.82, 2.24) is 0 Å². The van der Waals surface area contributed by atoms with Gasteiger partial charge in [-0.3, -0.25) is 9.59 Å².